The van der Waals surface area contributed by atoms with Crippen LogP contribution in [0.2, 0.25) is 0 Å². The standard InChI is InChI=1S/C43H29N/c1-43(2)36-19-7-5-15-34(36)41-37(43)23-24-39-42(41)35-16-6-8-20-38(35)44(39)27-12-9-11-26(25-27)28-21-22-33-30-14-4-3-13-29(30)32-18-10-17-31(28)40(32)33/h3-25H,1-2H3. The molecule has 0 N–H and O–H groups in total. The van der Waals surface area contributed by atoms with Crippen molar-refractivity contribution in [3.63, 3.8) is 0 Å². The molecule has 0 saturated carbocycles. The second-order valence-corrected chi connectivity index (χ2v) is 12.9. The zero-order valence-electron chi connectivity index (χ0n) is 24.7. The lowest BCUT2D eigenvalue weighted by atomic mass is 9.82. The van der Waals surface area contributed by atoms with Gasteiger partial charge in [0.05, 0.1) is 11.0 Å². The number of fused-ring (bicyclic) bond motifs is 10. The van der Waals surface area contributed by atoms with Crippen LogP contribution in [-0.4, -0.2) is 4.57 Å². The Hall–Kier alpha value is -5.40. The molecule has 0 radical (unpaired) electrons. The van der Waals surface area contributed by atoms with Crippen molar-refractivity contribution in [2.45, 2.75) is 19.3 Å². The van der Waals surface area contributed by atoms with Crippen LogP contribution in [0.1, 0.15) is 25.0 Å². The average Bonchev–Trinajstić information content (AvgIpc) is 3.66. The van der Waals surface area contributed by atoms with Crippen LogP contribution in [0.5, 0.6) is 0 Å². The molecule has 1 aromatic heterocycles. The first-order valence-corrected chi connectivity index (χ1v) is 15.5. The predicted octanol–water partition coefficient (Wildman–Crippen LogP) is 11.6. The van der Waals surface area contributed by atoms with Crippen LogP contribution < -0.4 is 0 Å². The maximum absolute atomic E-state index is 2.47. The van der Waals surface area contributed by atoms with E-state index in [1.165, 1.54) is 93.9 Å². The Bertz CT molecular complexity index is 2490. The Labute approximate surface area is 256 Å². The number of hydrogen-bond acceptors (Lipinski definition) is 0. The molecular formula is C43H29N. The summed E-state index contributed by atoms with van der Waals surface area (Å²) in [4.78, 5) is 0. The summed E-state index contributed by atoms with van der Waals surface area (Å²) >= 11 is 0. The van der Waals surface area contributed by atoms with E-state index in [9.17, 15) is 0 Å². The van der Waals surface area contributed by atoms with E-state index in [4.69, 9.17) is 0 Å². The molecule has 8 aromatic rings. The van der Waals surface area contributed by atoms with Gasteiger partial charge in [-0.25, -0.2) is 0 Å². The first kappa shape index (κ1) is 24.1. The van der Waals surface area contributed by atoms with Crippen LogP contribution in [0.4, 0.5) is 0 Å². The van der Waals surface area contributed by atoms with Gasteiger partial charge in [-0.1, -0.05) is 129 Å². The highest BCUT2D eigenvalue weighted by Gasteiger charge is 2.37. The molecule has 1 heteroatoms. The summed E-state index contributed by atoms with van der Waals surface area (Å²) in [6.07, 6.45) is 0. The summed E-state index contributed by atoms with van der Waals surface area (Å²) in [6.45, 7) is 4.73. The quantitative estimate of drug-likeness (QED) is 0.198. The van der Waals surface area contributed by atoms with Crippen molar-refractivity contribution in [2.75, 3.05) is 0 Å². The first-order chi connectivity index (χ1) is 21.6. The van der Waals surface area contributed by atoms with Gasteiger partial charge in [-0.15, -0.1) is 0 Å². The van der Waals surface area contributed by atoms with Gasteiger partial charge in [0.2, 0.25) is 0 Å². The fourth-order valence-corrected chi connectivity index (χ4v) is 8.40. The van der Waals surface area contributed by atoms with Crippen LogP contribution in [0.15, 0.2) is 140 Å². The van der Waals surface area contributed by atoms with Gasteiger partial charge in [-0.3, -0.25) is 0 Å². The van der Waals surface area contributed by atoms with E-state index >= 15 is 0 Å². The molecule has 206 valence electrons. The van der Waals surface area contributed by atoms with Crippen LogP contribution in [0.3, 0.4) is 0 Å². The molecule has 0 bridgehead atoms. The summed E-state index contributed by atoms with van der Waals surface area (Å²) in [5, 5.41) is 5.34. The Balaban J connectivity index is 1.23. The number of rotatable bonds is 2. The molecular weight excluding hydrogens is 530 g/mol. The van der Waals surface area contributed by atoms with E-state index in [0.29, 0.717) is 0 Å². The smallest absolute Gasteiger partial charge is 0.0547 e. The monoisotopic (exact) mass is 559 g/mol. The summed E-state index contributed by atoms with van der Waals surface area (Å²) in [5.74, 6) is 0. The number of aromatic nitrogens is 1. The van der Waals surface area contributed by atoms with Crippen molar-refractivity contribution in [3.05, 3.63) is 151 Å². The summed E-state index contributed by atoms with van der Waals surface area (Å²) < 4.78 is 2.47. The van der Waals surface area contributed by atoms with Gasteiger partial charge in [0, 0.05) is 21.9 Å². The second kappa shape index (κ2) is 8.36. The maximum Gasteiger partial charge on any atom is 0.0547 e. The first-order valence-electron chi connectivity index (χ1n) is 15.5. The minimum Gasteiger partial charge on any atom is -0.309 e. The average molecular weight is 560 g/mol. The lowest BCUT2D eigenvalue weighted by Gasteiger charge is -2.21. The minimum atomic E-state index is -0.0291. The fourth-order valence-electron chi connectivity index (χ4n) is 8.40. The third-order valence-corrected chi connectivity index (χ3v) is 10.3. The molecule has 2 aliphatic carbocycles. The van der Waals surface area contributed by atoms with Crippen molar-refractivity contribution >= 4 is 32.6 Å². The van der Waals surface area contributed by atoms with Gasteiger partial charge in [-0.2, -0.15) is 0 Å². The number of benzene rings is 7. The molecule has 0 spiro atoms. The van der Waals surface area contributed by atoms with E-state index in [2.05, 4.69) is 158 Å². The molecule has 0 atom stereocenters. The van der Waals surface area contributed by atoms with Gasteiger partial charge in [0.15, 0.2) is 0 Å². The lowest BCUT2D eigenvalue weighted by molar-refractivity contribution is 0.661. The van der Waals surface area contributed by atoms with Gasteiger partial charge in [-0.05, 0) is 90.7 Å². The van der Waals surface area contributed by atoms with Crippen molar-refractivity contribution in [2.24, 2.45) is 0 Å². The Morgan fingerprint density at radius 2 is 1.09 bits per heavy atom. The molecule has 0 fully saturated rings. The van der Waals surface area contributed by atoms with Crippen molar-refractivity contribution < 1.29 is 0 Å². The molecule has 10 rings (SSSR count). The van der Waals surface area contributed by atoms with Crippen LogP contribution in [-0.2, 0) is 5.41 Å². The van der Waals surface area contributed by atoms with Gasteiger partial charge in [0.1, 0.15) is 0 Å². The van der Waals surface area contributed by atoms with Gasteiger partial charge in [0.25, 0.3) is 0 Å². The number of para-hydroxylation sites is 1. The molecule has 0 amide bonds. The molecule has 1 nitrogen and oxygen atoms in total. The third kappa shape index (κ3) is 2.94. The van der Waals surface area contributed by atoms with Crippen molar-refractivity contribution in [1.29, 1.82) is 0 Å². The highest BCUT2D eigenvalue weighted by Crippen LogP contribution is 2.53. The molecule has 0 unspecified atom stereocenters. The van der Waals surface area contributed by atoms with Crippen molar-refractivity contribution in [3.8, 4) is 50.2 Å². The topological polar surface area (TPSA) is 4.93 Å². The summed E-state index contributed by atoms with van der Waals surface area (Å²) in [5.41, 5.74) is 17.1. The molecule has 0 saturated heterocycles. The zero-order valence-corrected chi connectivity index (χ0v) is 24.7. The minimum absolute atomic E-state index is 0.0291. The van der Waals surface area contributed by atoms with E-state index in [1.54, 1.807) is 0 Å². The Kier molecular flexibility index (Phi) is 4.58. The van der Waals surface area contributed by atoms with Crippen molar-refractivity contribution in [1.82, 2.24) is 4.57 Å². The van der Waals surface area contributed by atoms with Gasteiger partial charge < -0.3 is 4.57 Å². The van der Waals surface area contributed by atoms with E-state index in [1.807, 2.05) is 0 Å². The van der Waals surface area contributed by atoms with E-state index in [-0.39, 0.29) is 5.41 Å². The largest absolute Gasteiger partial charge is 0.309 e. The molecule has 44 heavy (non-hydrogen) atoms. The second-order valence-electron chi connectivity index (χ2n) is 12.9. The maximum atomic E-state index is 2.47. The zero-order chi connectivity index (χ0) is 29.2. The SMILES string of the molecule is CC1(C)c2ccccc2-c2c1ccc1c2c2ccccc2n1-c1cccc(-c2ccc3c4c(cccc24)-c2ccccc2-3)c1. The third-order valence-electron chi connectivity index (χ3n) is 10.3. The highest BCUT2D eigenvalue weighted by molar-refractivity contribution is 6.19. The molecule has 7 aromatic carbocycles. The summed E-state index contributed by atoms with van der Waals surface area (Å²) in [7, 11) is 0. The molecule has 2 aliphatic rings. The molecule has 1 heterocycles. The fraction of sp³-hybridized carbons (Fsp3) is 0.0698. The number of nitrogens with zero attached hydrogens (tertiary/aromatic N) is 1. The van der Waals surface area contributed by atoms with E-state index < -0.39 is 0 Å². The number of hydrogen-bond donors (Lipinski definition) is 0. The molecule has 0 aliphatic heterocycles. The van der Waals surface area contributed by atoms with Crippen LogP contribution in [0, 0.1) is 0 Å². The van der Waals surface area contributed by atoms with E-state index in [0.717, 1.165) is 0 Å². The van der Waals surface area contributed by atoms with Crippen LogP contribution >= 0.6 is 0 Å². The normalized spacial score (nSPS) is 13.9. The van der Waals surface area contributed by atoms with Gasteiger partial charge >= 0.3 is 0 Å². The lowest BCUT2D eigenvalue weighted by Crippen LogP contribution is -2.14. The highest BCUT2D eigenvalue weighted by atomic mass is 15.0. The van der Waals surface area contributed by atoms with Crippen LogP contribution in [0.25, 0.3) is 82.8 Å². The predicted molar refractivity (Wildman–Crippen MR) is 186 cm³/mol. The Morgan fingerprint density at radius 1 is 0.432 bits per heavy atom. The summed E-state index contributed by atoms with van der Waals surface area (Å²) in [6, 6.07) is 52.0. The Morgan fingerprint density at radius 3 is 1.95 bits per heavy atom.